The molecule has 1 nitrogen and oxygen atoms in total. The van der Waals surface area contributed by atoms with Gasteiger partial charge in [0, 0.05) is 10.9 Å². The summed E-state index contributed by atoms with van der Waals surface area (Å²) in [7, 11) is 0. The Morgan fingerprint density at radius 2 is 2.08 bits per heavy atom. The normalized spacial score (nSPS) is 10.8. The van der Waals surface area contributed by atoms with Crippen molar-refractivity contribution in [2.75, 3.05) is 6.26 Å². The van der Waals surface area contributed by atoms with Gasteiger partial charge in [-0.1, -0.05) is 18.2 Å². The van der Waals surface area contributed by atoms with Crippen molar-refractivity contribution < 1.29 is 0 Å². The number of thioether (sulfide) groups is 1. The second kappa shape index (κ2) is 2.87. The molecule has 2 rings (SSSR count). The number of nitrogens with one attached hydrogen (secondary N) is 1. The van der Waals surface area contributed by atoms with E-state index in [2.05, 4.69) is 30.3 Å². The first-order chi connectivity index (χ1) is 5.83. The minimum atomic E-state index is 1.11. The van der Waals surface area contributed by atoms with Gasteiger partial charge in [-0.05, 0) is 24.8 Å². The van der Waals surface area contributed by atoms with E-state index in [9.17, 15) is 0 Å². The summed E-state index contributed by atoms with van der Waals surface area (Å²) in [6.45, 7) is 4.03. The van der Waals surface area contributed by atoms with E-state index >= 15 is 0 Å². The van der Waals surface area contributed by atoms with Gasteiger partial charge in [0.05, 0.1) is 5.03 Å². The predicted octanol–water partition coefficient (Wildman–Crippen LogP) is 3.07. The molecule has 0 spiro atoms. The molecule has 1 heterocycles. The lowest BCUT2D eigenvalue weighted by Gasteiger charge is -1.90. The van der Waals surface area contributed by atoms with Crippen LogP contribution in [0.4, 0.5) is 0 Å². The smallest absolute Gasteiger partial charge is 0.0762 e. The summed E-state index contributed by atoms with van der Waals surface area (Å²) < 4.78 is 0. The topological polar surface area (TPSA) is 15.8 Å². The summed E-state index contributed by atoms with van der Waals surface area (Å²) >= 11 is 1.70. The van der Waals surface area contributed by atoms with E-state index < -0.39 is 0 Å². The van der Waals surface area contributed by atoms with Crippen LogP contribution < -0.4 is 0 Å². The molecule has 0 aliphatic carbocycles. The Balaban J connectivity index is 2.78. The van der Waals surface area contributed by atoms with Crippen LogP contribution >= 0.6 is 11.8 Å². The van der Waals surface area contributed by atoms with Crippen LogP contribution in [0.5, 0.6) is 0 Å². The summed E-state index contributed by atoms with van der Waals surface area (Å²) in [5, 5.41) is 2.39. The fourth-order valence-corrected chi connectivity index (χ4v) is 1.92. The van der Waals surface area contributed by atoms with Gasteiger partial charge >= 0.3 is 0 Å². The van der Waals surface area contributed by atoms with Gasteiger partial charge in [-0.2, -0.15) is 0 Å². The van der Waals surface area contributed by atoms with E-state index in [-0.39, 0.29) is 0 Å². The molecule has 0 atom stereocenters. The second-order valence-electron chi connectivity index (χ2n) is 2.68. The largest absolute Gasteiger partial charge is 0.350 e. The molecule has 0 aliphatic rings. The van der Waals surface area contributed by atoms with Crippen LogP contribution in [0.25, 0.3) is 10.9 Å². The lowest BCUT2D eigenvalue weighted by atomic mass is 10.2. The van der Waals surface area contributed by atoms with Gasteiger partial charge in [-0.15, -0.1) is 11.8 Å². The number of aromatic amines is 1. The maximum absolute atomic E-state index is 4.03. The van der Waals surface area contributed by atoms with Crippen molar-refractivity contribution in [1.82, 2.24) is 4.98 Å². The fraction of sp³-hybridized carbons (Fsp3) is 0.100. The highest BCUT2D eigenvalue weighted by atomic mass is 32.2. The Kier molecular flexibility index (Phi) is 1.85. The van der Waals surface area contributed by atoms with E-state index in [1.807, 2.05) is 12.1 Å². The van der Waals surface area contributed by atoms with Crippen molar-refractivity contribution in [2.24, 2.45) is 0 Å². The zero-order chi connectivity index (χ0) is 8.55. The molecule has 1 aromatic carbocycles. The van der Waals surface area contributed by atoms with Gasteiger partial charge in [-0.3, -0.25) is 0 Å². The molecule has 1 aromatic heterocycles. The SMILES string of the molecule is [CH2]c1c(SC)[nH]c2ccccc12. The number of rotatable bonds is 1. The van der Waals surface area contributed by atoms with Crippen molar-refractivity contribution in [3.63, 3.8) is 0 Å². The zero-order valence-corrected chi connectivity index (χ0v) is 7.74. The molecule has 1 radical (unpaired) electrons. The highest BCUT2D eigenvalue weighted by Gasteiger charge is 2.04. The quantitative estimate of drug-likeness (QED) is 0.660. The summed E-state index contributed by atoms with van der Waals surface area (Å²) in [5.41, 5.74) is 2.28. The van der Waals surface area contributed by atoms with Gasteiger partial charge < -0.3 is 4.98 Å². The zero-order valence-electron chi connectivity index (χ0n) is 6.92. The van der Waals surface area contributed by atoms with Gasteiger partial charge in [0.25, 0.3) is 0 Å². The van der Waals surface area contributed by atoms with Gasteiger partial charge in [0.2, 0.25) is 0 Å². The van der Waals surface area contributed by atoms with Crippen LogP contribution in [-0.2, 0) is 0 Å². The summed E-state index contributed by atoms with van der Waals surface area (Å²) in [6, 6.07) is 8.23. The Hall–Kier alpha value is -0.890. The summed E-state index contributed by atoms with van der Waals surface area (Å²) in [5.74, 6) is 0. The molecule has 1 N–H and O–H groups in total. The Morgan fingerprint density at radius 1 is 1.33 bits per heavy atom. The highest BCUT2D eigenvalue weighted by Crippen LogP contribution is 2.26. The van der Waals surface area contributed by atoms with Crippen molar-refractivity contribution >= 4 is 22.7 Å². The maximum Gasteiger partial charge on any atom is 0.0762 e. The van der Waals surface area contributed by atoms with Crippen LogP contribution in [0.1, 0.15) is 5.56 Å². The molecule has 0 fully saturated rings. The number of aromatic nitrogens is 1. The van der Waals surface area contributed by atoms with E-state index in [1.54, 1.807) is 11.8 Å². The Labute approximate surface area is 76.2 Å². The molecule has 0 aliphatic heterocycles. The number of hydrogen-bond donors (Lipinski definition) is 1. The maximum atomic E-state index is 4.03. The lowest BCUT2D eigenvalue weighted by molar-refractivity contribution is 1.22. The number of para-hydroxylation sites is 1. The van der Waals surface area contributed by atoms with Crippen LogP contribution in [0.2, 0.25) is 0 Å². The number of fused-ring (bicyclic) bond motifs is 1. The monoisotopic (exact) mass is 176 g/mol. The van der Waals surface area contributed by atoms with E-state index in [1.165, 1.54) is 10.9 Å². The second-order valence-corrected chi connectivity index (χ2v) is 3.50. The molecule has 2 heteroatoms. The minimum absolute atomic E-state index is 1.11. The average molecular weight is 176 g/mol. The van der Waals surface area contributed by atoms with Gasteiger partial charge in [0.15, 0.2) is 0 Å². The highest BCUT2D eigenvalue weighted by molar-refractivity contribution is 7.98. The van der Waals surface area contributed by atoms with E-state index in [4.69, 9.17) is 0 Å². The first kappa shape index (κ1) is 7.74. The third kappa shape index (κ3) is 1.03. The standard InChI is InChI=1S/C10H10NS/c1-7-8-5-3-4-6-9(8)11-10(7)12-2/h3-6,11H,1H2,2H3. The Bertz CT molecular complexity index is 403. The molecular formula is C10H10NS. The van der Waals surface area contributed by atoms with E-state index in [0.717, 1.165) is 10.6 Å². The fourth-order valence-electron chi connectivity index (χ4n) is 1.35. The van der Waals surface area contributed by atoms with Crippen molar-refractivity contribution in [3.05, 3.63) is 36.8 Å². The molecule has 12 heavy (non-hydrogen) atoms. The molecule has 0 saturated carbocycles. The van der Waals surface area contributed by atoms with Crippen LogP contribution in [0.15, 0.2) is 29.3 Å². The predicted molar refractivity (Wildman–Crippen MR) is 54.5 cm³/mol. The van der Waals surface area contributed by atoms with Crippen LogP contribution in [-0.4, -0.2) is 11.2 Å². The summed E-state index contributed by atoms with van der Waals surface area (Å²) in [6.07, 6.45) is 2.05. The van der Waals surface area contributed by atoms with Gasteiger partial charge in [0.1, 0.15) is 0 Å². The molecule has 61 valence electrons. The average Bonchev–Trinajstić information content (AvgIpc) is 2.44. The lowest BCUT2D eigenvalue weighted by Crippen LogP contribution is -1.70. The minimum Gasteiger partial charge on any atom is -0.350 e. The summed E-state index contributed by atoms with van der Waals surface area (Å²) in [4.78, 5) is 3.31. The number of benzene rings is 1. The van der Waals surface area contributed by atoms with Crippen molar-refractivity contribution in [2.45, 2.75) is 5.03 Å². The molecule has 0 saturated heterocycles. The number of H-pyrrole nitrogens is 1. The third-order valence-electron chi connectivity index (χ3n) is 1.98. The number of hydrogen-bond acceptors (Lipinski definition) is 1. The molecule has 0 bridgehead atoms. The van der Waals surface area contributed by atoms with Gasteiger partial charge in [-0.25, -0.2) is 0 Å². The molecule has 0 unspecified atom stereocenters. The van der Waals surface area contributed by atoms with Crippen LogP contribution in [0, 0.1) is 6.92 Å². The molecule has 2 aromatic rings. The molecule has 0 amide bonds. The Morgan fingerprint density at radius 3 is 2.75 bits per heavy atom. The van der Waals surface area contributed by atoms with E-state index in [0.29, 0.717) is 0 Å². The molecular weight excluding hydrogens is 166 g/mol. The third-order valence-corrected chi connectivity index (χ3v) is 2.74. The first-order valence-corrected chi connectivity index (χ1v) is 5.02. The van der Waals surface area contributed by atoms with Crippen LogP contribution in [0.3, 0.4) is 0 Å². The van der Waals surface area contributed by atoms with Crippen molar-refractivity contribution in [3.8, 4) is 0 Å². The van der Waals surface area contributed by atoms with Crippen molar-refractivity contribution in [1.29, 1.82) is 0 Å². The first-order valence-electron chi connectivity index (χ1n) is 3.79.